The Morgan fingerprint density at radius 2 is 1.90 bits per heavy atom. The smallest absolute Gasteiger partial charge is 0.270 e. The van der Waals surface area contributed by atoms with Crippen LogP contribution in [0.3, 0.4) is 0 Å². The molecule has 1 aromatic heterocycles. The van der Waals surface area contributed by atoms with Crippen LogP contribution in [0.5, 0.6) is 0 Å². The number of para-hydroxylation sites is 1. The molecule has 5 nitrogen and oxygen atoms in total. The van der Waals surface area contributed by atoms with Crippen LogP contribution in [0.4, 0.5) is 0 Å². The van der Waals surface area contributed by atoms with Crippen LogP contribution in [0.15, 0.2) is 30.3 Å². The minimum Gasteiger partial charge on any atom is -0.351 e. The van der Waals surface area contributed by atoms with Gasteiger partial charge in [-0.1, -0.05) is 18.2 Å². The second-order valence-corrected chi connectivity index (χ2v) is 4.88. The number of carbonyl (C=O) groups is 2. The number of nitrogens with one attached hydrogen (secondary N) is 1. The third-order valence-electron chi connectivity index (χ3n) is 3.25. The number of hydrogen-bond acceptors (Lipinski definition) is 2. The molecule has 0 bridgehead atoms. The minimum atomic E-state index is -0.154. The Labute approximate surface area is 118 Å². The Bertz CT molecular complexity index is 598. The fourth-order valence-electron chi connectivity index (χ4n) is 1.99. The second kappa shape index (κ2) is 5.77. The number of fused-ring (bicyclic) bond motifs is 1. The van der Waals surface area contributed by atoms with Crippen molar-refractivity contribution in [3.05, 3.63) is 36.0 Å². The first-order valence-corrected chi connectivity index (χ1v) is 6.60. The van der Waals surface area contributed by atoms with Crippen LogP contribution in [-0.4, -0.2) is 53.8 Å². The van der Waals surface area contributed by atoms with Crippen molar-refractivity contribution >= 4 is 22.7 Å². The highest BCUT2D eigenvalue weighted by atomic mass is 16.2. The van der Waals surface area contributed by atoms with Crippen molar-refractivity contribution in [2.45, 2.75) is 6.92 Å². The van der Waals surface area contributed by atoms with Crippen LogP contribution in [-0.2, 0) is 4.79 Å². The van der Waals surface area contributed by atoms with E-state index < -0.39 is 0 Å². The van der Waals surface area contributed by atoms with Gasteiger partial charge in [0.25, 0.3) is 5.91 Å². The molecule has 0 radical (unpaired) electrons. The number of carbonyl (C=O) groups excluding carboxylic acids is 2. The molecule has 5 heteroatoms. The lowest BCUT2D eigenvalue weighted by molar-refractivity contribution is -0.129. The molecule has 0 aliphatic carbocycles. The number of rotatable bonds is 4. The molecule has 0 spiro atoms. The summed E-state index contributed by atoms with van der Waals surface area (Å²) in [6.45, 7) is 2.45. The number of benzene rings is 1. The molecule has 0 saturated carbocycles. The first-order valence-electron chi connectivity index (χ1n) is 6.60. The molecule has 2 amide bonds. The number of hydrogen-bond donors (Lipinski definition) is 1. The Morgan fingerprint density at radius 3 is 2.50 bits per heavy atom. The Morgan fingerprint density at radius 1 is 1.20 bits per heavy atom. The number of H-pyrrole nitrogens is 1. The van der Waals surface area contributed by atoms with Gasteiger partial charge in [-0.2, -0.15) is 0 Å². The van der Waals surface area contributed by atoms with E-state index in [-0.39, 0.29) is 18.4 Å². The summed E-state index contributed by atoms with van der Waals surface area (Å²) < 4.78 is 0. The van der Waals surface area contributed by atoms with Gasteiger partial charge in [0.1, 0.15) is 12.2 Å². The van der Waals surface area contributed by atoms with Gasteiger partial charge in [0.2, 0.25) is 5.91 Å². The van der Waals surface area contributed by atoms with Crippen LogP contribution >= 0.6 is 0 Å². The number of aromatic nitrogens is 1. The Kier molecular flexibility index (Phi) is 4.08. The minimum absolute atomic E-state index is 0.0867. The molecule has 0 unspecified atom stereocenters. The van der Waals surface area contributed by atoms with Crippen molar-refractivity contribution in [1.82, 2.24) is 14.8 Å². The molecule has 1 aromatic carbocycles. The zero-order valence-electron chi connectivity index (χ0n) is 12.0. The van der Waals surface area contributed by atoms with Gasteiger partial charge in [0.15, 0.2) is 0 Å². The topological polar surface area (TPSA) is 56.4 Å². The summed E-state index contributed by atoms with van der Waals surface area (Å²) in [5, 5.41) is 0.992. The third kappa shape index (κ3) is 2.82. The highest BCUT2D eigenvalue weighted by molar-refractivity contribution is 5.99. The lowest BCUT2D eigenvalue weighted by Gasteiger charge is -2.21. The van der Waals surface area contributed by atoms with E-state index in [1.165, 1.54) is 9.80 Å². The lowest BCUT2D eigenvalue weighted by Crippen LogP contribution is -2.40. The Balaban J connectivity index is 2.21. The monoisotopic (exact) mass is 273 g/mol. The van der Waals surface area contributed by atoms with Crippen molar-refractivity contribution in [1.29, 1.82) is 0 Å². The first-order chi connectivity index (χ1) is 9.52. The zero-order chi connectivity index (χ0) is 14.7. The molecule has 1 heterocycles. The standard InChI is InChI=1S/C15H19N3O2/c1-4-18(10-14(19)17(2)3)15(20)13-9-11-7-5-6-8-12(11)16-13/h5-9,16H,4,10H2,1-3H3. The van der Waals surface area contributed by atoms with E-state index >= 15 is 0 Å². The largest absolute Gasteiger partial charge is 0.351 e. The van der Waals surface area contributed by atoms with Crippen LogP contribution in [0, 0.1) is 0 Å². The molecular formula is C15H19N3O2. The summed E-state index contributed by atoms with van der Waals surface area (Å²) in [5.41, 5.74) is 1.44. The van der Waals surface area contributed by atoms with Gasteiger partial charge in [-0.15, -0.1) is 0 Å². The van der Waals surface area contributed by atoms with E-state index in [1.54, 1.807) is 14.1 Å². The van der Waals surface area contributed by atoms with Gasteiger partial charge in [-0.05, 0) is 19.1 Å². The number of aromatic amines is 1. The van der Waals surface area contributed by atoms with Crippen molar-refractivity contribution in [2.75, 3.05) is 27.2 Å². The molecule has 2 aromatic rings. The number of amides is 2. The lowest BCUT2D eigenvalue weighted by atomic mass is 10.2. The first kappa shape index (κ1) is 14.1. The van der Waals surface area contributed by atoms with Crippen molar-refractivity contribution in [2.24, 2.45) is 0 Å². The van der Waals surface area contributed by atoms with Gasteiger partial charge in [0, 0.05) is 31.5 Å². The van der Waals surface area contributed by atoms with Crippen molar-refractivity contribution < 1.29 is 9.59 Å². The third-order valence-corrected chi connectivity index (χ3v) is 3.25. The van der Waals surface area contributed by atoms with E-state index in [2.05, 4.69) is 4.98 Å². The summed E-state index contributed by atoms with van der Waals surface area (Å²) in [5.74, 6) is -0.241. The zero-order valence-corrected chi connectivity index (χ0v) is 12.0. The molecule has 0 atom stereocenters. The summed E-state index contributed by atoms with van der Waals surface area (Å²) in [7, 11) is 3.37. The molecular weight excluding hydrogens is 254 g/mol. The summed E-state index contributed by atoms with van der Waals surface area (Å²) in [6.07, 6.45) is 0. The maximum atomic E-state index is 12.4. The molecule has 1 N–H and O–H groups in total. The van der Waals surface area contributed by atoms with Crippen molar-refractivity contribution in [3.63, 3.8) is 0 Å². The predicted molar refractivity (Wildman–Crippen MR) is 78.6 cm³/mol. The summed E-state index contributed by atoms with van der Waals surface area (Å²) in [4.78, 5) is 30.3. The van der Waals surface area contributed by atoms with Gasteiger partial charge < -0.3 is 14.8 Å². The van der Waals surface area contributed by atoms with E-state index in [0.29, 0.717) is 12.2 Å². The number of likely N-dealkylation sites (N-methyl/N-ethyl adjacent to an activating group) is 2. The van der Waals surface area contributed by atoms with Crippen LogP contribution in [0.25, 0.3) is 10.9 Å². The second-order valence-electron chi connectivity index (χ2n) is 4.88. The highest BCUT2D eigenvalue weighted by Crippen LogP contribution is 2.16. The molecule has 0 fully saturated rings. The molecule has 0 saturated heterocycles. The highest BCUT2D eigenvalue weighted by Gasteiger charge is 2.19. The summed E-state index contributed by atoms with van der Waals surface area (Å²) >= 11 is 0. The normalized spacial score (nSPS) is 10.6. The Hall–Kier alpha value is -2.30. The average Bonchev–Trinajstić information content (AvgIpc) is 2.87. The molecule has 106 valence electrons. The summed E-state index contributed by atoms with van der Waals surface area (Å²) in [6, 6.07) is 9.54. The van der Waals surface area contributed by atoms with Crippen LogP contribution in [0.1, 0.15) is 17.4 Å². The van der Waals surface area contributed by atoms with Crippen LogP contribution in [0.2, 0.25) is 0 Å². The van der Waals surface area contributed by atoms with Crippen LogP contribution < -0.4 is 0 Å². The van der Waals surface area contributed by atoms with Gasteiger partial charge in [-0.25, -0.2) is 0 Å². The molecule has 20 heavy (non-hydrogen) atoms. The molecule has 0 aliphatic rings. The van der Waals surface area contributed by atoms with E-state index in [4.69, 9.17) is 0 Å². The average molecular weight is 273 g/mol. The maximum absolute atomic E-state index is 12.4. The van der Waals surface area contributed by atoms with Crippen molar-refractivity contribution in [3.8, 4) is 0 Å². The van der Waals surface area contributed by atoms with E-state index in [9.17, 15) is 9.59 Å². The van der Waals surface area contributed by atoms with Gasteiger partial charge in [0.05, 0.1) is 0 Å². The number of nitrogens with zero attached hydrogens (tertiary/aromatic N) is 2. The fourth-order valence-corrected chi connectivity index (χ4v) is 1.99. The van der Waals surface area contributed by atoms with Gasteiger partial charge >= 0.3 is 0 Å². The predicted octanol–water partition coefficient (Wildman–Crippen LogP) is 1.72. The van der Waals surface area contributed by atoms with E-state index in [1.807, 2.05) is 37.3 Å². The van der Waals surface area contributed by atoms with Gasteiger partial charge in [-0.3, -0.25) is 9.59 Å². The molecule has 0 aliphatic heterocycles. The fraction of sp³-hybridized carbons (Fsp3) is 0.333. The quantitative estimate of drug-likeness (QED) is 0.922. The maximum Gasteiger partial charge on any atom is 0.270 e. The van der Waals surface area contributed by atoms with E-state index in [0.717, 1.165) is 10.9 Å². The SMILES string of the molecule is CCN(CC(=O)N(C)C)C(=O)c1cc2ccccc2[nH]1. The molecule has 2 rings (SSSR count).